The highest BCUT2D eigenvalue weighted by Crippen LogP contribution is 2.28. The molecule has 0 atom stereocenters. The predicted molar refractivity (Wildman–Crippen MR) is 113 cm³/mol. The fourth-order valence-corrected chi connectivity index (χ4v) is 4.36. The van der Waals surface area contributed by atoms with E-state index in [1.165, 1.54) is 23.1 Å². The average Bonchev–Trinajstić information content (AvgIpc) is 3.00. The van der Waals surface area contributed by atoms with Gasteiger partial charge in [-0.25, -0.2) is 4.98 Å². The summed E-state index contributed by atoms with van der Waals surface area (Å²) in [4.78, 5) is 29.9. The van der Waals surface area contributed by atoms with E-state index in [0.717, 1.165) is 20.7 Å². The zero-order valence-electron chi connectivity index (χ0n) is 15.4. The third-order valence-corrected chi connectivity index (χ3v) is 5.71. The van der Waals surface area contributed by atoms with Crippen LogP contribution in [0.25, 0.3) is 10.2 Å². The van der Waals surface area contributed by atoms with Crippen LogP contribution in [0, 0.1) is 6.92 Å². The molecule has 0 aliphatic carbocycles. The first-order valence-electron chi connectivity index (χ1n) is 8.62. The summed E-state index contributed by atoms with van der Waals surface area (Å²) in [6.45, 7) is 5.87. The number of aryl methyl sites for hydroxylation is 1. The molecule has 0 aliphatic heterocycles. The number of nitrogens with zero attached hydrogens (tertiary/aromatic N) is 1. The number of hydrogen-bond donors (Lipinski definition) is 2. The smallest absolute Gasteiger partial charge is 0.258 e. The zero-order chi connectivity index (χ0) is 19.4. The quantitative estimate of drug-likeness (QED) is 0.600. The Morgan fingerprint density at radius 1 is 1.19 bits per heavy atom. The number of rotatable bonds is 6. The Morgan fingerprint density at radius 3 is 2.74 bits per heavy atom. The van der Waals surface area contributed by atoms with Crippen LogP contribution in [-0.2, 0) is 4.79 Å². The Balaban J connectivity index is 1.73. The van der Waals surface area contributed by atoms with Crippen molar-refractivity contribution in [3.63, 3.8) is 0 Å². The van der Waals surface area contributed by atoms with E-state index in [-0.39, 0.29) is 23.6 Å². The van der Waals surface area contributed by atoms with Gasteiger partial charge in [-0.3, -0.25) is 14.9 Å². The van der Waals surface area contributed by atoms with E-state index in [9.17, 15) is 9.59 Å². The van der Waals surface area contributed by atoms with E-state index in [1.807, 2.05) is 51.1 Å². The van der Waals surface area contributed by atoms with Gasteiger partial charge in [0.1, 0.15) is 0 Å². The highest BCUT2D eigenvalue weighted by Gasteiger charge is 2.15. The Bertz CT molecular complexity index is 982. The molecule has 2 N–H and O–H groups in total. The van der Waals surface area contributed by atoms with Crippen LogP contribution in [0.2, 0.25) is 0 Å². The minimum atomic E-state index is -0.224. The van der Waals surface area contributed by atoms with Crippen LogP contribution in [-0.4, -0.2) is 28.6 Å². The number of anilines is 1. The van der Waals surface area contributed by atoms with Crippen LogP contribution in [0.1, 0.15) is 29.8 Å². The third kappa shape index (κ3) is 5.08. The lowest BCUT2D eigenvalue weighted by molar-refractivity contribution is -0.119. The van der Waals surface area contributed by atoms with Gasteiger partial charge in [0.2, 0.25) is 5.91 Å². The standard InChI is InChI=1S/C20H21N3O2S2/c1-12(2)21-18(24)11-26-16-7-5-4-6-14(16)19(25)23-20-22-15-9-8-13(3)10-17(15)27-20/h4-10,12H,11H2,1-3H3,(H,21,24)(H,22,23,25). The molecule has 0 unspecified atom stereocenters. The molecule has 0 saturated heterocycles. The van der Waals surface area contributed by atoms with E-state index < -0.39 is 0 Å². The average molecular weight is 400 g/mol. The highest BCUT2D eigenvalue weighted by molar-refractivity contribution is 8.00. The number of carbonyl (C=O) groups is 2. The molecule has 2 aromatic carbocycles. The predicted octanol–water partition coefficient (Wildman–Crippen LogP) is 4.47. The number of amides is 2. The maximum atomic E-state index is 12.7. The summed E-state index contributed by atoms with van der Waals surface area (Å²) in [6.07, 6.45) is 0. The van der Waals surface area contributed by atoms with Gasteiger partial charge in [-0.15, -0.1) is 11.8 Å². The molecule has 27 heavy (non-hydrogen) atoms. The molecule has 0 saturated carbocycles. The van der Waals surface area contributed by atoms with Crippen molar-refractivity contribution in [2.75, 3.05) is 11.1 Å². The van der Waals surface area contributed by atoms with Crippen LogP contribution in [0.5, 0.6) is 0 Å². The number of benzene rings is 2. The third-order valence-electron chi connectivity index (χ3n) is 3.70. The van der Waals surface area contributed by atoms with Crippen molar-refractivity contribution >= 4 is 50.3 Å². The Kier molecular flexibility index (Phi) is 6.13. The van der Waals surface area contributed by atoms with Crippen molar-refractivity contribution in [3.8, 4) is 0 Å². The van der Waals surface area contributed by atoms with Crippen LogP contribution in [0.4, 0.5) is 5.13 Å². The molecule has 7 heteroatoms. The number of carbonyl (C=O) groups excluding carboxylic acids is 2. The molecule has 140 valence electrons. The Labute approximate surface area is 166 Å². The molecule has 0 radical (unpaired) electrons. The Morgan fingerprint density at radius 2 is 1.96 bits per heavy atom. The lowest BCUT2D eigenvalue weighted by Crippen LogP contribution is -2.31. The molecule has 0 spiro atoms. The summed E-state index contributed by atoms with van der Waals surface area (Å²) < 4.78 is 1.04. The first-order valence-corrected chi connectivity index (χ1v) is 10.4. The van der Waals surface area contributed by atoms with E-state index in [0.29, 0.717) is 10.7 Å². The molecule has 3 rings (SSSR count). The van der Waals surface area contributed by atoms with Gasteiger partial charge in [-0.2, -0.15) is 0 Å². The van der Waals surface area contributed by atoms with Crippen LogP contribution in [0.15, 0.2) is 47.4 Å². The maximum absolute atomic E-state index is 12.7. The molecular weight excluding hydrogens is 378 g/mol. The van der Waals surface area contributed by atoms with Crippen molar-refractivity contribution in [3.05, 3.63) is 53.6 Å². The summed E-state index contributed by atoms with van der Waals surface area (Å²) in [5.74, 6) is -0.00649. The molecule has 2 amide bonds. The van der Waals surface area contributed by atoms with Gasteiger partial charge < -0.3 is 5.32 Å². The number of thioether (sulfide) groups is 1. The van der Waals surface area contributed by atoms with Crippen LogP contribution < -0.4 is 10.6 Å². The number of aromatic nitrogens is 1. The zero-order valence-corrected chi connectivity index (χ0v) is 17.0. The summed E-state index contributed by atoms with van der Waals surface area (Å²) in [5, 5.41) is 6.30. The molecule has 3 aromatic rings. The molecule has 1 aromatic heterocycles. The summed E-state index contributed by atoms with van der Waals surface area (Å²) in [7, 11) is 0. The fraction of sp³-hybridized carbons (Fsp3) is 0.250. The van der Waals surface area contributed by atoms with Gasteiger partial charge in [0.25, 0.3) is 5.91 Å². The number of hydrogen-bond acceptors (Lipinski definition) is 5. The largest absolute Gasteiger partial charge is 0.353 e. The molecule has 1 heterocycles. The lowest BCUT2D eigenvalue weighted by atomic mass is 10.2. The second-order valence-corrected chi connectivity index (χ2v) is 8.50. The minimum absolute atomic E-state index is 0.0493. The fourth-order valence-electron chi connectivity index (χ4n) is 2.54. The van der Waals surface area contributed by atoms with E-state index in [2.05, 4.69) is 21.7 Å². The van der Waals surface area contributed by atoms with Crippen molar-refractivity contribution in [1.29, 1.82) is 0 Å². The Hall–Kier alpha value is -2.38. The molecule has 0 fully saturated rings. The second-order valence-electron chi connectivity index (χ2n) is 6.45. The first-order chi connectivity index (χ1) is 12.9. The molecule has 0 aliphatic rings. The van der Waals surface area contributed by atoms with Gasteiger partial charge >= 0.3 is 0 Å². The van der Waals surface area contributed by atoms with E-state index >= 15 is 0 Å². The first kappa shape index (κ1) is 19.4. The van der Waals surface area contributed by atoms with Gasteiger partial charge in [0.05, 0.1) is 21.5 Å². The van der Waals surface area contributed by atoms with Gasteiger partial charge in [0.15, 0.2) is 5.13 Å². The van der Waals surface area contributed by atoms with Gasteiger partial charge in [-0.05, 0) is 50.6 Å². The number of thiazole rings is 1. The van der Waals surface area contributed by atoms with Crippen molar-refractivity contribution in [2.24, 2.45) is 0 Å². The SMILES string of the molecule is Cc1ccc2nc(NC(=O)c3ccccc3SCC(=O)NC(C)C)sc2c1. The van der Waals surface area contributed by atoms with Gasteiger partial charge in [-0.1, -0.05) is 29.5 Å². The minimum Gasteiger partial charge on any atom is -0.353 e. The molecule has 5 nitrogen and oxygen atoms in total. The van der Waals surface area contributed by atoms with Crippen molar-refractivity contribution in [2.45, 2.75) is 31.7 Å². The normalized spacial score (nSPS) is 11.0. The number of nitrogens with one attached hydrogen (secondary N) is 2. The second kappa shape index (κ2) is 8.54. The van der Waals surface area contributed by atoms with Crippen LogP contribution >= 0.6 is 23.1 Å². The van der Waals surface area contributed by atoms with E-state index in [1.54, 1.807) is 6.07 Å². The number of fused-ring (bicyclic) bond motifs is 1. The van der Waals surface area contributed by atoms with E-state index in [4.69, 9.17) is 0 Å². The highest BCUT2D eigenvalue weighted by atomic mass is 32.2. The molecule has 0 bridgehead atoms. The molecular formula is C20H21N3O2S2. The summed E-state index contributed by atoms with van der Waals surface area (Å²) in [5.41, 5.74) is 2.56. The topological polar surface area (TPSA) is 71.1 Å². The summed E-state index contributed by atoms with van der Waals surface area (Å²) >= 11 is 2.80. The summed E-state index contributed by atoms with van der Waals surface area (Å²) in [6, 6.07) is 13.4. The van der Waals surface area contributed by atoms with Crippen molar-refractivity contribution < 1.29 is 9.59 Å². The monoisotopic (exact) mass is 399 g/mol. The van der Waals surface area contributed by atoms with Gasteiger partial charge in [0, 0.05) is 10.9 Å². The van der Waals surface area contributed by atoms with Crippen molar-refractivity contribution in [1.82, 2.24) is 10.3 Å². The maximum Gasteiger partial charge on any atom is 0.258 e. The van der Waals surface area contributed by atoms with Crippen LogP contribution in [0.3, 0.4) is 0 Å². The lowest BCUT2D eigenvalue weighted by Gasteiger charge is -2.10.